The summed E-state index contributed by atoms with van der Waals surface area (Å²) in [6.07, 6.45) is 1.76. The quantitative estimate of drug-likeness (QED) is 0.726. The molecule has 0 N–H and O–H groups in total. The van der Waals surface area contributed by atoms with Crippen LogP contribution in [0.25, 0.3) is 10.8 Å². The van der Waals surface area contributed by atoms with Gasteiger partial charge in [0.15, 0.2) is 0 Å². The summed E-state index contributed by atoms with van der Waals surface area (Å²) in [6, 6.07) is 18.2. The summed E-state index contributed by atoms with van der Waals surface area (Å²) in [4.78, 5) is 14.8. The van der Waals surface area contributed by atoms with Gasteiger partial charge >= 0.3 is 0 Å². The molecule has 23 heavy (non-hydrogen) atoms. The van der Waals surface area contributed by atoms with Crippen LogP contribution in [0.4, 0.5) is 0 Å². The van der Waals surface area contributed by atoms with Gasteiger partial charge in [0.1, 0.15) is 0 Å². The summed E-state index contributed by atoms with van der Waals surface area (Å²) >= 11 is 0. The molecule has 0 fully saturated rings. The zero-order valence-electron chi connectivity index (χ0n) is 13.5. The fraction of sp³-hybridized carbons (Fsp3) is 0.263. The van der Waals surface area contributed by atoms with E-state index < -0.39 is 0 Å². The average molecular weight is 307 g/mol. The molecule has 4 nitrogen and oxygen atoms in total. The van der Waals surface area contributed by atoms with Crippen LogP contribution in [0.3, 0.4) is 0 Å². The van der Waals surface area contributed by atoms with Crippen LogP contribution in [0, 0.1) is 0 Å². The van der Waals surface area contributed by atoms with Crippen molar-refractivity contribution < 1.29 is 0 Å². The Hall–Kier alpha value is -2.46. The first-order valence-electron chi connectivity index (χ1n) is 7.88. The number of benzene rings is 2. The maximum atomic E-state index is 12.6. The SMILES string of the molecule is CC(C)N(Cc1ccccc1)Cn1ncc2ccccc2c1=O. The summed E-state index contributed by atoms with van der Waals surface area (Å²) in [7, 11) is 0. The summed E-state index contributed by atoms with van der Waals surface area (Å²) < 4.78 is 1.55. The molecule has 0 aliphatic rings. The van der Waals surface area contributed by atoms with E-state index in [9.17, 15) is 4.79 Å². The molecule has 2 aromatic carbocycles. The van der Waals surface area contributed by atoms with Crippen molar-refractivity contribution in [2.75, 3.05) is 0 Å². The van der Waals surface area contributed by atoms with Gasteiger partial charge in [-0.15, -0.1) is 0 Å². The number of hydrogen-bond acceptors (Lipinski definition) is 3. The molecule has 118 valence electrons. The number of aromatic nitrogens is 2. The Morgan fingerprint density at radius 1 is 1.04 bits per heavy atom. The lowest BCUT2D eigenvalue weighted by Crippen LogP contribution is -2.37. The van der Waals surface area contributed by atoms with Gasteiger partial charge in [-0.3, -0.25) is 9.69 Å². The van der Waals surface area contributed by atoms with Gasteiger partial charge in [0, 0.05) is 18.0 Å². The summed E-state index contributed by atoms with van der Waals surface area (Å²) in [6.45, 7) is 5.54. The highest BCUT2D eigenvalue weighted by molar-refractivity contribution is 5.80. The zero-order valence-corrected chi connectivity index (χ0v) is 13.5. The smallest absolute Gasteiger partial charge is 0.275 e. The summed E-state index contributed by atoms with van der Waals surface area (Å²) in [5.41, 5.74) is 1.19. The predicted molar refractivity (Wildman–Crippen MR) is 93.1 cm³/mol. The lowest BCUT2D eigenvalue weighted by atomic mass is 10.2. The normalized spacial score (nSPS) is 11.5. The van der Waals surface area contributed by atoms with Gasteiger partial charge < -0.3 is 0 Å². The van der Waals surface area contributed by atoms with Crippen LogP contribution in [-0.4, -0.2) is 20.7 Å². The van der Waals surface area contributed by atoms with E-state index in [0.29, 0.717) is 18.1 Å². The van der Waals surface area contributed by atoms with Crippen LogP contribution < -0.4 is 5.56 Å². The zero-order chi connectivity index (χ0) is 16.2. The third-order valence-electron chi connectivity index (χ3n) is 4.04. The van der Waals surface area contributed by atoms with Gasteiger partial charge in [0.25, 0.3) is 5.56 Å². The number of hydrogen-bond donors (Lipinski definition) is 0. The van der Waals surface area contributed by atoms with E-state index in [4.69, 9.17) is 0 Å². The minimum absolute atomic E-state index is 0.0400. The molecule has 0 unspecified atom stereocenters. The van der Waals surface area contributed by atoms with E-state index >= 15 is 0 Å². The molecule has 0 radical (unpaired) electrons. The topological polar surface area (TPSA) is 38.1 Å². The first kappa shape index (κ1) is 15.4. The molecule has 0 aliphatic carbocycles. The Bertz CT molecular complexity index is 840. The van der Waals surface area contributed by atoms with Crippen LogP contribution in [0.15, 0.2) is 65.6 Å². The van der Waals surface area contributed by atoms with Gasteiger partial charge in [-0.1, -0.05) is 48.5 Å². The van der Waals surface area contributed by atoms with E-state index in [-0.39, 0.29) is 5.56 Å². The molecule has 1 heterocycles. The first-order chi connectivity index (χ1) is 11.1. The molecule has 0 bridgehead atoms. The van der Waals surface area contributed by atoms with E-state index in [2.05, 4.69) is 36.0 Å². The number of nitrogens with zero attached hydrogens (tertiary/aromatic N) is 3. The first-order valence-corrected chi connectivity index (χ1v) is 7.88. The van der Waals surface area contributed by atoms with Crippen LogP contribution in [-0.2, 0) is 13.2 Å². The van der Waals surface area contributed by atoms with Gasteiger partial charge in [-0.25, -0.2) is 4.68 Å². The number of fused-ring (bicyclic) bond motifs is 1. The van der Waals surface area contributed by atoms with Crippen molar-refractivity contribution in [1.82, 2.24) is 14.7 Å². The van der Waals surface area contributed by atoms with Crippen LogP contribution in [0.5, 0.6) is 0 Å². The van der Waals surface area contributed by atoms with E-state index in [1.807, 2.05) is 42.5 Å². The maximum absolute atomic E-state index is 12.6. The molecule has 0 saturated heterocycles. The molecule has 0 saturated carbocycles. The maximum Gasteiger partial charge on any atom is 0.275 e. The third-order valence-corrected chi connectivity index (χ3v) is 4.04. The van der Waals surface area contributed by atoms with E-state index in [1.165, 1.54) is 5.56 Å². The van der Waals surface area contributed by atoms with Crippen molar-refractivity contribution in [3.63, 3.8) is 0 Å². The molecule has 3 aromatic rings. The molecule has 4 heteroatoms. The van der Waals surface area contributed by atoms with Gasteiger partial charge in [-0.05, 0) is 25.5 Å². The summed E-state index contributed by atoms with van der Waals surface area (Å²) in [5.74, 6) is 0. The molecule has 1 aromatic heterocycles. The molecule has 0 spiro atoms. The van der Waals surface area contributed by atoms with Gasteiger partial charge in [0.05, 0.1) is 18.3 Å². The fourth-order valence-corrected chi connectivity index (χ4v) is 2.61. The molecule has 0 atom stereocenters. The molecule has 3 rings (SSSR count). The van der Waals surface area contributed by atoms with Crippen molar-refractivity contribution in [2.45, 2.75) is 33.1 Å². The second-order valence-corrected chi connectivity index (χ2v) is 6.00. The Kier molecular flexibility index (Phi) is 4.53. The minimum Gasteiger partial charge on any atom is -0.278 e. The van der Waals surface area contributed by atoms with Crippen molar-refractivity contribution in [2.24, 2.45) is 0 Å². The van der Waals surface area contributed by atoms with E-state index in [1.54, 1.807) is 10.9 Å². The lowest BCUT2D eigenvalue weighted by molar-refractivity contribution is 0.151. The van der Waals surface area contributed by atoms with Crippen LogP contribution in [0.1, 0.15) is 19.4 Å². The van der Waals surface area contributed by atoms with Crippen molar-refractivity contribution in [3.05, 3.63) is 76.7 Å². The Balaban J connectivity index is 1.89. The lowest BCUT2D eigenvalue weighted by Gasteiger charge is -2.26. The van der Waals surface area contributed by atoms with E-state index in [0.717, 1.165) is 11.9 Å². The second kappa shape index (κ2) is 6.75. The Morgan fingerprint density at radius 3 is 2.48 bits per heavy atom. The largest absolute Gasteiger partial charge is 0.278 e. The molecule has 0 amide bonds. The minimum atomic E-state index is -0.0400. The molecular weight excluding hydrogens is 286 g/mol. The number of rotatable bonds is 5. The highest BCUT2D eigenvalue weighted by atomic mass is 16.1. The average Bonchev–Trinajstić information content (AvgIpc) is 2.57. The Morgan fingerprint density at radius 2 is 1.74 bits per heavy atom. The molecular formula is C19H21N3O. The predicted octanol–water partition coefficient (Wildman–Crippen LogP) is 3.26. The van der Waals surface area contributed by atoms with Crippen molar-refractivity contribution in [1.29, 1.82) is 0 Å². The van der Waals surface area contributed by atoms with Crippen LogP contribution in [0.2, 0.25) is 0 Å². The van der Waals surface area contributed by atoms with Gasteiger partial charge in [-0.2, -0.15) is 5.10 Å². The Labute approximate surface area is 136 Å². The van der Waals surface area contributed by atoms with Crippen LogP contribution >= 0.6 is 0 Å². The standard InChI is InChI=1S/C19H21N3O/c1-15(2)21(13-16-8-4-3-5-9-16)14-22-19(23)18-11-7-6-10-17(18)12-20-22/h3-12,15H,13-14H2,1-2H3. The highest BCUT2D eigenvalue weighted by Gasteiger charge is 2.13. The fourth-order valence-electron chi connectivity index (χ4n) is 2.61. The van der Waals surface area contributed by atoms with Crippen molar-refractivity contribution in [3.8, 4) is 0 Å². The highest BCUT2D eigenvalue weighted by Crippen LogP contribution is 2.10. The van der Waals surface area contributed by atoms with Crippen molar-refractivity contribution >= 4 is 10.8 Å². The third kappa shape index (κ3) is 3.48. The second-order valence-electron chi connectivity index (χ2n) is 6.00. The molecule has 0 aliphatic heterocycles. The summed E-state index contributed by atoms with van der Waals surface area (Å²) in [5, 5.41) is 5.93. The monoisotopic (exact) mass is 307 g/mol. The van der Waals surface area contributed by atoms with Gasteiger partial charge in [0.2, 0.25) is 0 Å².